The van der Waals surface area contributed by atoms with Crippen molar-refractivity contribution >= 4 is 34.2 Å². The van der Waals surface area contributed by atoms with Crippen LogP contribution in [0.15, 0.2) is 18.2 Å². The van der Waals surface area contributed by atoms with Gasteiger partial charge in [-0.3, -0.25) is 0 Å². The van der Waals surface area contributed by atoms with E-state index >= 15 is 0 Å². The Morgan fingerprint density at radius 1 is 1.25 bits per heavy atom. The maximum Gasteiger partial charge on any atom is 0.127 e. The molecule has 0 amide bonds. The van der Waals surface area contributed by atoms with Crippen molar-refractivity contribution in [3.05, 3.63) is 29.0 Å². The molecule has 0 aliphatic carbocycles. The van der Waals surface area contributed by atoms with E-state index in [4.69, 9.17) is 23.2 Å². The number of halogens is 2. The second-order valence-electron chi connectivity index (χ2n) is 5.39. The molecule has 2 heterocycles. The van der Waals surface area contributed by atoms with E-state index < -0.39 is 0 Å². The van der Waals surface area contributed by atoms with Crippen molar-refractivity contribution in [3.63, 3.8) is 0 Å². The number of aromatic nitrogens is 2. The van der Waals surface area contributed by atoms with E-state index in [1.807, 2.05) is 19.1 Å². The normalized spacial score (nSPS) is 17.9. The molecule has 2 aromatic rings. The number of para-hydroxylation sites is 1. The van der Waals surface area contributed by atoms with Gasteiger partial charge in [-0.1, -0.05) is 17.7 Å². The SMILES string of the molecule is CC(Cl)c1nc2c(Cl)cccc2n1CCN1CCCC1. The highest BCUT2D eigenvalue weighted by atomic mass is 35.5. The number of hydrogen-bond donors (Lipinski definition) is 0. The molecular weight excluding hydrogens is 293 g/mol. The lowest BCUT2D eigenvalue weighted by atomic mass is 10.3. The molecule has 1 aliphatic rings. The summed E-state index contributed by atoms with van der Waals surface area (Å²) < 4.78 is 2.22. The molecule has 0 N–H and O–H groups in total. The average molecular weight is 312 g/mol. The van der Waals surface area contributed by atoms with Crippen molar-refractivity contribution in [2.45, 2.75) is 31.7 Å². The fraction of sp³-hybridized carbons (Fsp3) is 0.533. The molecule has 0 spiro atoms. The van der Waals surface area contributed by atoms with Gasteiger partial charge in [0, 0.05) is 13.1 Å². The first-order chi connectivity index (χ1) is 9.66. The first kappa shape index (κ1) is 14.2. The van der Waals surface area contributed by atoms with Crippen LogP contribution in [0.4, 0.5) is 0 Å². The lowest BCUT2D eigenvalue weighted by molar-refractivity contribution is 0.322. The van der Waals surface area contributed by atoms with Gasteiger partial charge in [0.25, 0.3) is 0 Å². The molecule has 3 nitrogen and oxygen atoms in total. The fourth-order valence-electron chi connectivity index (χ4n) is 2.92. The lowest BCUT2D eigenvalue weighted by Crippen LogP contribution is -2.24. The largest absolute Gasteiger partial charge is 0.325 e. The van der Waals surface area contributed by atoms with E-state index in [1.54, 1.807) is 0 Å². The summed E-state index contributed by atoms with van der Waals surface area (Å²) in [7, 11) is 0. The van der Waals surface area contributed by atoms with Gasteiger partial charge in [0.2, 0.25) is 0 Å². The number of rotatable bonds is 4. The number of fused-ring (bicyclic) bond motifs is 1. The van der Waals surface area contributed by atoms with Crippen LogP contribution in [0.5, 0.6) is 0 Å². The zero-order chi connectivity index (χ0) is 14.1. The zero-order valence-corrected chi connectivity index (χ0v) is 13.2. The number of likely N-dealkylation sites (tertiary alicyclic amines) is 1. The summed E-state index contributed by atoms with van der Waals surface area (Å²) in [4.78, 5) is 7.14. The highest BCUT2D eigenvalue weighted by Crippen LogP contribution is 2.28. The second kappa shape index (κ2) is 5.92. The number of benzene rings is 1. The maximum atomic E-state index is 6.29. The van der Waals surface area contributed by atoms with Gasteiger partial charge in [-0.25, -0.2) is 4.98 Å². The first-order valence-electron chi connectivity index (χ1n) is 7.18. The topological polar surface area (TPSA) is 21.1 Å². The minimum atomic E-state index is -0.114. The van der Waals surface area contributed by atoms with Crippen LogP contribution in [0.3, 0.4) is 0 Å². The molecule has 20 heavy (non-hydrogen) atoms. The Morgan fingerprint density at radius 3 is 2.70 bits per heavy atom. The van der Waals surface area contributed by atoms with Crippen molar-refractivity contribution in [2.24, 2.45) is 0 Å². The predicted octanol–water partition coefficient (Wildman–Crippen LogP) is 4.09. The minimum absolute atomic E-state index is 0.114. The molecule has 108 valence electrons. The van der Waals surface area contributed by atoms with Crippen molar-refractivity contribution in [2.75, 3.05) is 19.6 Å². The van der Waals surface area contributed by atoms with Crippen LogP contribution in [-0.2, 0) is 6.54 Å². The van der Waals surface area contributed by atoms with Crippen LogP contribution >= 0.6 is 23.2 Å². The lowest BCUT2D eigenvalue weighted by Gasteiger charge is -2.17. The highest BCUT2D eigenvalue weighted by Gasteiger charge is 2.18. The van der Waals surface area contributed by atoms with Gasteiger partial charge in [0.15, 0.2) is 0 Å². The van der Waals surface area contributed by atoms with E-state index in [-0.39, 0.29) is 5.38 Å². The summed E-state index contributed by atoms with van der Waals surface area (Å²) >= 11 is 12.5. The van der Waals surface area contributed by atoms with Gasteiger partial charge in [-0.2, -0.15) is 0 Å². The Hall–Kier alpha value is -0.770. The molecule has 5 heteroatoms. The molecule has 1 fully saturated rings. The van der Waals surface area contributed by atoms with Crippen LogP contribution in [0, 0.1) is 0 Å². The Morgan fingerprint density at radius 2 is 2.00 bits per heavy atom. The van der Waals surface area contributed by atoms with E-state index in [1.165, 1.54) is 25.9 Å². The molecule has 1 saturated heterocycles. The minimum Gasteiger partial charge on any atom is -0.325 e. The van der Waals surface area contributed by atoms with Crippen molar-refractivity contribution < 1.29 is 0 Å². The summed E-state index contributed by atoms with van der Waals surface area (Å²) in [6, 6.07) is 5.92. The summed E-state index contributed by atoms with van der Waals surface area (Å²) in [6.45, 7) is 6.35. The fourth-order valence-corrected chi connectivity index (χ4v) is 3.30. The van der Waals surface area contributed by atoms with Crippen LogP contribution < -0.4 is 0 Å². The Balaban J connectivity index is 1.94. The molecule has 1 unspecified atom stereocenters. The summed E-state index contributed by atoms with van der Waals surface area (Å²) in [5.74, 6) is 0.911. The molecule has 1 aliphatic heterocycles. The van der Waals surface area contributed by atoms with Gasteiger partial charge in [-0.15, -0.1) is 11.6 Å². The summed E-state index contributed by atoms with van der Waals surface area (Å²) in [5.41, 5.74) is 1.94. The highest BCUT2D eigenvalue weighted by molar-refractivity contribution is 6.35. The van der Waals surface area contributed by atoms with Gasteiger partial charge in [0.1, 0.15) is 11.3 Å². The smallest absolute Gasteiger partial charge is 0.127 e. The van der Waals surface area contributed by atoms with Crippen LogP contribution in [0.25, 0.3) is 11.0 Å². The summed E-state index contributed by atoms with van der Waals surface area (Å²) in [5, 5.41) is 0.582. The van der Waals surface area contributed by atoms with E-state index in [0.717, 1.165) is 29.9 Å². The molecule has 1 aromatic carbocycles. The van der Waals surface area contributed by atoms with Crippen LogP contribution in [0.2, 0.25) is 5.02 Å². The number of imidazole rings is 1. The molecule has 1 aromatic heterocycles. The van der Waals surface area contributed by atoms with Crippen molar-refractivity contribution in [3.8, 4) is 0 Å². The first-order valence-corrected chi connectivity index (χ1v) is 7.99. The quantitative estimate of drug-likeness (QED) is 0.793. The monoisotopic (exact) mass is 311 g/mol. The van der Waals surface area contributed by atoms with Crippen molar-refractivity contribution in [1.29, 1.82) is 0 Å². The summed E-state index contributed by atoms with van der Waals surface area (Å²) in [6.07, 6.45) is 2.63. The third-order valence-corrected chi connectivity index (χ3v) is 4.45. The third kappa shape index (κ3) is 2.67. The number of hydrogen-bond acceptors (Lipinski definition) is 2. The van der Waals surface area contributed by atoms with Gasteiger partial charge in [0.05, 0.1) is 15.9 Å². The van der Waals surface area contributed by atoms with Crippen LogP contribution in [-0.4, -0.2) is 34.1 Å². The molecule has 0 radical (unpaired) electrons. The Kier molecular flexibility index (Phi) is 4.20. The van der Waals surface area contributed by atoms with E-state index in [2.05, 4.69) is 20.5 Å². The van der Waals surface area contributed by atoms with Gasteiger partial charge >= 0.3 is 0 Å². The zero-order valence-electron chi connectivity index (χ0n) is 11.6. The van der Waals surface area contributed by atoms with Crippen molar-refractivity contribution in [1.82, 2.24) is 14.5 Å². The Bertz CT molecular complexity index is 600. The average Bonchev–Trinajstić information content (AvgIpc) is 3.03. The molecule has 0 saturated carbocycles. The van der Waals surface area contributed by atoms with E-state index in [9.17, 15) is 0 Å². The maximum absolute atomic E-state index is 6.29. The molecule has 0 bridgehead atoms. The molecule has 3 rings (SSSR count). The number of nitrogens with zero attached hydrogens (tertiary/aromatic N) is 3. The Labute approximate surface area is 129 Å². The molecular formula is C15H19Cl2N3. The van der Waals surface area contributed by atoms with Gasteiger partial charge < -0.3 is 9.47 Å². The second-order valence-corrected chi connectivity index (χ2v) is 6.46. The van der Waals surface area contributed by atoms with Gasteiger partial charge in [-0.05, 0) is 45.0 Å². The third-order valence-electron chi connectivity index (χ3n) is 3.95. The van der Waals surface area contributed by atoms with Crippen LogP contribution in [0.1, 0.15) is 31.0 Å². The standard InChI is InChI=1S/C15H19Cl2N3/c1-11(16)15-18-14-12(17)5-4-6-13(14)20(15)10-9-19-7-2-3-8-19/h4-6,11H,2-3,7-10H2,1H3. The number of alkyl halides is 1. The molecule has 1 atom stereocenters. The predicted molar refractivity (Wildman–Crippen MR) is 84.7 cm³/mol. The van der Waals surface area contributed by atoms with E-state index in [0.29, 0.717) is 5.02 Å².